The van der Waals surface area contributed by atoms with E-state index >= 15 is 0 Å². The van der Waals surface area contributed by atoms with Gasteiger partial charge in [-0.2, -0.15) is 0 Å². The molecule has 1 saturated heterocycles. The first-order valence-corrected chi connectivity index (χ1v) is 16.0. The van der Waals surface area contributed by atoms with E-state index < -0.39 is 27.4 Å². The minimum atomic E-state index is -1.37. The lowest BCUT2D eigenvalue weighted by atomic mass is 10.1. The van der Waals surface area contributed by atoms with Gasteiger partial charge < -0.3 is 19.1 Å². The van der Waals surface area contributed by atoms with Crippen molar-refractivity contribution < 1.29 is 18.1 Å². The Labute approximate surface area is 261 Å². The van der Waals surface area contributed by atoms with Crippen molar-refractivity contribution in [2.75, 3.05) is 31.1 Å². The van der Waals surface area contributed by atoms with Crippen LogP contribution in [-0.2, 0) is 22.3 Å². The van der Waals surface area contributed by atoms with Crippen molar-refractivity contribution in [2.45, 2.75) is 78.3 Å². The summed E-state index contributed by atoms with van der Waals surface area (Å²) in [7, 11) is -1.37. The molecule has 11 heteroatoms. The van der Waals surface area contributed by atoms with E-state index in [1.807, 2.05) is 65.8 Å². The second-order valence-electron chi connectivity index (χ2n) is 13.1. The number of rotatable bonds is 7. The second-order valence-corrected chi connectivity index (χ2v) is 15.5. The van der Waals surface area contributed by atoms with E-state index in [-0.39, 0.29) is 11.9 Å². The molecule has 4 rings (SSSR count). The van der Waals surface area contributed by atoms with Crippen molar-refractivity contribution in [3.05, 3.63) is 70.0 Å². The maximum atomic E-state index is 14.5. The highest BCUT2D eigenvalue weighted by molar-refractivity contribution is 7.84. The zero-order valence-electron chi connectivity index (χ0n) is 26.4. The first-order valence-electron chi connectivity index (χ1n) is 14.5. The minimum absolute atomic E-state index is 0.213. The number of piperazine rings is 1. The average Bonchev–Trinajstić information content (AvgIpc) is 3.26. The zero-order chi connectivity index (χ0) is 31.9. The lowest BCUT2D eigenvalue weighted by molar-refractivity contribution is 0.0240. The largest absolute Gasteiger partial charge is 0.444 e. The Kier molecular flexibility index (Phi) is 9.64. The fraction of sp³-hybridized carbons (Fsp3) is 0.500. The number of imidazole rings is 1. The molecule has 1 aromatic heterocycles. The van der Waals surface area contributed by atoms with E-state index in [2.05, 4.69) is 20.8 Å². The second kappa shape index (κ2) is 12.6. The van der Waals surface area contributed by atoms with Crippen LogP contribution in [0.3, 0.4) is 0 Å². The van der Waals surface area contributed by atoms with Gasteiger partial charge in [-0.1, -0.05) is 29.8 Å². The average molecular weight is 632 g/mol. The summed E-state index contributed by atoms with van der Waals surface area (Å²) in [6, 6.07) is 6.93. The molecule has 234 valence electrons. The molecule has 0 saturated carbocycles. The maximum absolute atomic E-state index is 14.5. The van der Waals surface area contributed by atoms with E-state index in [0.29, 0.717) is 60.3 Å². The predicted octanol–water partition coefficient (Wildman–Crippen LogP) is 6.83. The highest BCUT2D eigenvalue weighted by Gasteiger charge is 2.30. The third-order valence-corrected chi connectivity index (χ3v) is 9.04. The standard InChI is InChI=1S/C32H43ClFN5O3S/c1-10-25(36-43(41)32(7,8)9)24-17-23(33)18-26-28(24)35-29(39(26)19-22-15-20(2)27(34)21(3)16-22)37-11-13-38(14-12-37)30(40)42-31(4,5)6/h10,15-18,25,36H,1,11-14,19H2,2-9H3/t25-,43?/m0/s1. The highest BCUT2D eigenvalue weighted by Crippen LogP contribution is 2.34. The van der Waals surface area contributed by atoms with Crippen LogP contribution in [0, 0.1) is 19.7 Å². The van der Waals surface area contributed by atoms with Crippen molar-refractivity contribution in [1.82, 2.24) is 19.2 Å². The molecular weight excluding hydrogens is 589 g/mol. The summed E-state index contributed by atoms with van der Waals surface area (Å²) in [5, 5.41) is 0.506. The van der Waals surface area contributed by atoms with Gasteiger partial charge in [-0.25, -0.2) is 23.1 Å². The highest BCUT2D eigenvalue weighted by atomic mass is 35.5. The van der Waals surface area contributed by atoms with Crippen molar-refractivity contribution >= 4 is 45.7 Å². The van der Waals surface area contributed by atoms with Gasteiger partial charge in [0.2, 0.25) is 5.95 Å². The molecule has 0 radical (unpaired) electrons. The maximum Gasteiger partial charge on any atom is 0.410 e. The Morgan fingerprint density at radius 2 is 1.72 bits per heavy atom. The molecular formula is C32H43ClFN5O3S. The van der Waals surface area contributed by atoms with Crippen molar-refractivity contribution in [3.8, 4) is 0 Å². The van der Waals surface area contributed by atoms with E-state index in [1.54, 1.807) is 24.8 Å². The van der Waals surface area contributed by atoms with Gasteiger partial charge in [-0.15, -0.1) is 6.58 Å². The number of amides is 1. The van der Waals surface area contributed by atoms with E-state index in [1.165, 1.54) is 0 Å². The smallest absolute Gasteiger partial charge is 0.410 e. The number of carbonyl (C=O) groups excluding carboxylic acids is 1. The van der Waals surface area contributed by atoms with Crippen LogP contribution >= 0.6 is 11.6 Å². The number of anilines is 1. The Balaban J connectivity index is 1.79. The van der Waals surface area contributed by atoms with Gasteiger partial charge in [0, 0.05) is 36.8 Å². The lowest BCUT2D eigenvalue weighted by Gasteiger charge is -2.36. The molecule has 1 N–H and O–H groups in total. The number of hydrogen-bond acceptors (Lipinski definition) is 5. The number of nitrogens with one attached hydrogen (secondary N) is 1. The lowest BCUT2D eigenvalue weighted by Crippen LogP contribution is -2.50. The molecule has 8 nitrogen and oxygen atoms in total. The molecule has 1 aliphatic heterocycles. The van der Waals surface area contributed by atoms with Gasteiger partial charge >= 0.3 is 6.09 Å². The summed E-state index contributed by atoms with van der Waals surface area (Å²) >= 11 is 6.70. The zero-order valence-corrected chi connectivity index (χ0v) is 28.0. The number of carbonyl (C=O) groups is 1. The van der Waals surface area contributed by atoms with Gasteiger partial charge in [0.25, 0.3) is 0 Å². The summed E-state index contributed by atoms with van der Waals surface area (Å²) in [5.41, 5.74) is 3.76. The van der Waals surface area contributed by atoms with Crippen molar-refractivity contribution in [2.24, 2.45) is 0 Å². The number of hydrogen-bond donors (Lipinski definition) is 1. The Hall–Kier alpha value is -2.95. The van der Waals surface area contributed by atoms with Gasteiger partial charge in [0.15, 0.2) is 0 Å². The fourth-order valence-corrected chi connectivity index (χ4v) is 6.12. The molecule has 3 aromatic rings. The molecule has 1 amide bonds. The van der Waals surface area contributed by atoms with E-state index in [0.717, 1.165) is 16.6 Å². The number of fused-ring (bicyclic) bond motifs is 1. The van der Waals surface area contributed by atoms with Crippen LogP contribution < -0.4 is 9.62 Å². The molecule has 43 heavy (non-hydrogen) atoms. The van der Waals surface area contributed by atoms with Crippen molar-refractivity contribution in [3.63, 3.8) is 0 Å². The van der Waals surface area contributed by atoms with Crippen LogP contribution in [0.25, 0.3) is 11.0 Å². The first kappa shape index (κ1) is 33.0. The van der Waals surface area contributed by atoms with Crippen molar-refractivity contribution in [1.29, 1.82) is 0 Å². The molecule has 2 atom stereocenters. The summed E-state index contributed by atoms with van der Waals surface area (Å²) in [6.07, 6.45) is 1.37. The summed E-state index contributed by atoms with van der Waals surface area (Å²) in [4.78, 5) is 21.7. The molecule has 0 spiro atoms. The molecule has 1 fully saturated rings. The topological polar surface area (TPSA) is 79.7 Å². The number of benzene rings is 2. The predicted molar refractivity (Wildman–Crippen MR) is 174 cm³/mol. The quantitative estimate of drug-likeness (QED) is 0.289. The fourth-order valence-electron chi connectivity index (χ4n) is 5.09. The van der Waals surface area contributed by atoms with Crippen LogP contribution in [0.1, 0.15) is 69.8 Å². The number of ether oxygens (including phenoxy) is 1. The van der Waals surface area contributed by atoms with E-state index in [9.17, 15) is 13.4 Å². The number of nitrogens with zero attached hydrogens (tertiary/aromatic N) is 4. The summed E-state index contributed by atoms with van der Waals surface area (Å²) < 4.78 is 37.9. The van der Waals surface area contributed by atoms with Gasteiger partial charge in [0.05, 0.1) is 39.4 Å². The summed E-state index contributed by atoms with van der Waals surface area (Å²) in [5.74, 6) is 0.497. The Morgan fingerprint density at radius 3 is 2.26 bits per heavy atom. The Morgan fingerprint density at radius 1 is 1.12 bits per heavy atom. The monoisotopic (exact) mass is 631 g/mol. The van der Waals surface area contributed by atoms with Crippen LogP contribution in [0.2, 0.25) is 5.02 Å². The first-order chi connectivity index (χ1) is 20.0. The number of halogens is 2. The number of aromatic nitrogens is 2. The van der Waals surface area contributed by atoms with Crippen LogP contribution in [0.5, 0.6) is 0 Å². The molecule has 1 aliphatic rings. The minimum Gasteiger partial charge on any atom is -0.444 e. The normalized spacial score (nSPS) is 16.0. The van der Waals surface area contributed by atoms with E-state index in [4.69, 9.17) is 21.3 Å². The Bertz CT molecular complexity index is 1530. The third kappa shape index (κ3) is 7.59. The van der Waals surface area contributed by atoms with Gasteiger partial charge in [0.1, 0.15) is 11.4 Å². The van der Waals surface area contributed by atoms with Gasteiger partial charge in [-0.05, 0) is 84.2 Å². The van der Waals surface area contributed by atoms with Crippen LogP contribution in [-0.4, -0.2) is 61.3 Å². The summed E-state index contributed by atoms with van der Waals surface area (Å²) in [6.45, 7) is 21.3. The van der Waals surface area contributed by atoms with Crippen LogP contribution in [0.4, 0.5) is 15.1 Å². The molecule has 2 aromatic carbocycles. The molecule has 0 bridgehead atoms. The third-order valence-electron chi connectivity index (χ3n) is 7.24. The SMILES string of the molecule is C=C[C@H](NS(=O)C(C)(C)C)c1cc(Cl)cc2c1nc(N1CCN(C(=O)OC(C)(C)C)CC1)n2Cc1cc(C)c(F)c(C)c1. The van der Waals surface area contributed by atoms with Gasteiger partial charge in [-0.3, -0.25) is 0 Å². The molecule has 0 aliphatic carbocycles. The van der Waals surface area contributed by atoms with Crippen LogP contribution in [0.15, 0.2) is 36.9 Å². The number of aryl methyl sites for hydroxylation is 2. The molecule has 1 unspecified atom stereocenters. The molecule has 2 heterocycles.